The number of hydrogen-bond donors (Lipinski definition) is 2. The molecule has 17 heavy (non-hydrogen) atoms. The highest BCUT2D eigenvalue weighted by molar-refractivity contribution is 5.77. The minimum absolute atomic E-state index is 0.668. The number of hydrogen-bond acceptors (Lipinski definition) is 2. The topological polar surface area (TPSA) is 49.3 Å². The zero-order valence-corrected chi connectivity index (χ0v) is 11.0. The minimum atomic E-state index is -0.861. The van der Waals surface area contributed by atoms with Crippen molar-refractivity contribution < 1.29 is 9.90 Å². The van der Waals surface area contributed by atoms with Gasteiger partial charge in [-0.2, -0.15) is 0 Å². The Morgan fingerprint density at radius 1 is 1.29 bits per heavy atom. The zero-order valence-electron chi connectivity index (χ0n) is 11.0. The van der Waals surface area contributed by atoms with Crippen molar-refractivity contribution in [1.29, 1.82) is 0 Å². The molecular formula is C14H21NO2. The summed E-state index contributed by atoms with van der Waals surface area (Å²) in [4.78, 5) is 10.9. The molecule has 0 aliphatic rings. The van der Waals surface area contributed by atoms with Crippen LogP contribution in [0, 0.1) is 13.8 Å². The number of carbonyl (C=O) groups is 1. The van der Waals surface area contributed by atoms with Crippen LogP contribution < -0.4 is 5.32 Å². The molecule has 0 aromatic heterocycles. The first-order valence-electron chi connectivity index (χ1n) is 5.87. The van der Waals surface area contributed by atoms with Crippen LogP contribution in [0.1, 0.15) is 30.5 Å². The molecule has 1 rings (SSSR count). The Kier molecular flexibility index (Phi) is 4.29. The molecule has 1 aromatic carbocycles. The number of aryl methyl sites for hydroxylation is 2. The maximum absolute atomic E-state index is 10.9. The number of benzene rings is 1. The molecule has 0 aliphatic carbocycles. The van der Waals surface area contributed by atoms with Crippen LogP contribution in [-0.4, -0.2) is 23.2 Å². The van der Waals surface area contributed by atoms with E-state index in [1.54, 1.807) is 13.8 Å². The van der Waals surface area contributed by atoms with Crippen molar-refractivity contribution in [1.82, 2.24) is 5.32 Å². The maximum Gasteiger partial charge on any atom is 0.323 e. The third kappa shape index (κ3) is 3.86. The molecule has 0 unspecified atom stereocenters. The van der Waals surface area contributed by atoms with Gasteiger partial charge in [-0.3, -0.25) is 4.79 Å². The summed E-state index contributed by atoms with van der Waals surface area (Å²) < 4.78 is 0. The first kappa shape index (κ1) is 13.7. The molecule has 0 bridgehead atoms. The van der Waals surface area contributed by atoms with Gasteiger partial charge >= 0.3 is 5.97 Å². The Labute approximate surface area is 103 Å². The summed E-state index contributed by atoms with van der Waals surface area (Å²) in [6.07, 6.45) is 0.845. The van der Waals surface area contributed by atoms with Gasteiger partial charge in [0.25, 0.3) is 0 Å². The predicted molar refractivity (Wildman–Crippen MR) is 69.3 cm³/mol. The van der Waals surface area contributed by atoms with Crippen molar-refractivity contribution in [3.63, 3.8) is 0 Å². The molecule has 94 valence electrons. The van der Waals surface area contributed by atoms with Crippen LogP contribution in [0.5, 0.6) is 0 Å². The van der Waals surface area contributed by atoms with Crippen LogP contribution in [0.4, 0.5) is 0 Å². The second-order valence-corrected chi connectivity index (χ2v) is 5.03. The zero-order chi connectivity index (χ0) is 13.1. The number of nitrogens with one attached hydrogen (secondary N) is 1. The van der Waals surface area contributed by atoms with Gasteiger partial charge in [-0.25, -0.2) is 0 Å². The van der Waals surface area contributed by atoms with E-state index >= 15 is 0 Å². The summed E-state index contributed by atoms with van der Waals surface area (Å²) in [5.41, 5.74) is 2.94. The molecule has 0 spiro atoms. The molecule has 0 radical (unpaired) electrons. The molecule has 0 saturated heterocycles. The number of aliphatic carboxylic acids is 1. The number of carboxylic acids is 1. The van der Waals surface area contributed by atoms with Crippen LogP contribution in [0.25, 0.3) is 0 Å². The molecule has 0 fully saturated rings. The fraction of sp³-hybridized carbons (Fsp3) is 0.500. The van der Waals surface area contributed by atoms with E-state index in [0.717, 1.165) is 6.42 Å². The standard InChI is InChI=1S/C14H21NO2/c1-10-5-6-12(9-11(10)2)7-8-15-14(3,4)13(16)17/h5-6,9,15H,7-8H2,1-4H3,(H,16,17). The summed E-state index contributed by atoms with van der Waals surface area (Å²) in [6.45, 7) is 8.20. The third-order valence-corrected chi connectivity index (χ3v) is 3.09. The van der Waals surface area contributed by atoms with Crippen molar-refractivity contribution in [3.8, 4) is 0 Å². The molecule has 1 aromatic rings. The maximum atomic E-state index is 10.9. The fourth-order valence-electron chi connectivity index (χ4n) is 1.55. The van der Waals surface area contributed by atoms with E-state index in [1.165, 1.54) is 16.7 Å². The van der Waals surface area contributed by atoms with Gasteiger partial charge in [0.05, 0.1) is 0 Å². The predicted octanol–water partition coefficient (Wildman–Crippen LogP) is 2.30. The average Bonchev–Trinajstić information content (AvgIpc) is 2.23. The third-order valence-electron chi connectivity index (χ3n) is 3.09. The van der Waals surface area contributed by atoms with Gasteiger partial charge < -0.3 is 10.4 Å². The SMILES string of the molecule is Cc1ccc(CCNC(C)(C)C(=O)O)cc1C. The fourth-order valence-corrected chi connectivity index (χ4v) is 1.55. The molecular weight excluding hydrogens is 214 g/mol. The van der Waals surface area contributed by atoms with Crippen LogP contribution >= 0.6 is 0 Å². The van der Waals surface area contributed by atoms with E-state index < -0.39 is 11.5 Å². The lowest BCUT2D eigenvalue weighted by atomic mass is 10.0. The summed E-state index contributed by atoms with van der Waals surface area (Å²) >= 11 is 0. The highest BCUT2D eigenvalue weighted by atomic mass is 16.4. The lowest BCUT2D eigenvalue weighted by Crippen LogP contribution is -2.47. The van der Waals surface area contributed by atoms with Crippen molar-refractivity contribution in [2.24, 2.45) is 0 Å². The van der Waals surface area contributed by atoms with Crippen molar-refractivity contribution in [2.75, 3.05) is 6.54 Å². The molecule has 3 heteroatoms. The van der Waals surface area contributed by atoms with Crippen LogP contribution in [0.3, 0.4) is 0 Å². The number of carboxylic acid groups (broad SMARTS) is 1. The van der Waals surface area contributed by atoms with Gasteiger partial charge in [0, 0.05) is 6.54 Å². The molecule has 0 heterocycles. The van der Waals surface area contributed by atoms with Gasteiger partial charge in [0.2, 0.25) is 0 Å². The van der Waals surface area contributed by atoms with E-state index in [-0.39, 0.29) is 0 Å². The summed E-state index contributed by atoms with van der Waals surface area (Å²) in [5, 5.41) is 12.0. The van der Waals surface area contributed by atoms with Gasteiger partial charge in [-0.15, -0.1) is 0 Å². The highest BCUT2D eigenvalue weighted by Gasteiger charge is 2.25. The monoisotopic (exact) mass is 235 g/mol. The van der Waals surface area contributed by atoms with E-state index in [4.69, 9.17) is 5.11 Å². The van der Waals surface area contributed by atoms with Crippen LogP contribution in [-0.2, 0) is 11.2 Å². The Balaban J connectivity index is 2.51. The summed E-state index contributed by atoms with van der Waals surface area (Å²) in [5.74, 6) is -0.822. The van der Waals surface area contributed by atoms with Gasteiger partial charge in [0.1, 0.15) is 5.54 Å². The molecule has 0 aliphatic heterocycles. The first-order chi connectivity index (χ1) is 7.83. The molecule has 3 nitrogen and oxygen atoms in total. The quantitative estimate of drug-likeness (QED) is 0.823. The lowest BCUT2D eigenvalue weighted by molar-refractivity contribution is -0.143. The smallest absolute Gasteiger partial charge is 0.323 e. The second kappa shape index (κ2) is 5.32. The van der Waals surface area contributed by atoms with Gasteiger partial charge in [0.15, 0.2) is 0 Å². The van der Waals surface area contributed by atoms with Gasteiger partial charge in [-0.05, 0) is 50.8 Å². The van der Waals surface area contributed by atoms with Gasteiger partial charge in [-0.1, -0.05) is 18.2 Å². The first-order valence-corrected chi connectivity index (χ1v) is 5.87. The Hall–Kier alpha value is -1.35. The van der Waals surface area contributed by atoms with E-state index in [2.05, 4.69) is 37.4 Å². The lowest BCUT2D eigenvalue weighted by Gasteiger charge is -2.21. The Morgan fingerprint density at radius 3 is 2.47 bits per heavy atom. The minimum Gasteiger partial charge on any atom is -0.480 e. The van der Waals surface area contributed by atoms with Crippen molar-refractivity contribution >= 4 is 5.97 Å². The highest BCUT2D eigenvalue weighted by Crippen LogP contribution is 2.10. The van der Waals surface area contributed by atoms with Crippen LogP contribution in [0.2, 0.25) is 0 Å². The molecule has 0 saturated carbocycles. The normalized spacial score (nSPS) is 11.5. The molecule has 0 amide bonds. The van der Waals surface area contributed by atoms with E-state index in [9.17, 15) is 4.79 Å². The average molecular weight is 235 g/mol. The molecule has 0 atom stereocenters. The second-order valence-electron chi connectivity index (χ2n) is 5.03. The molecule has 2 N–H and O–H groups in total. The summed E-state index contributed by atoms with van der Waals surface area (Å²) in [7, 11) is 0. The van der Waals surface area contributed by atoms with E-state index in [1.807, 2.05) is 0 Å². The largest absolute Gasteiger partial charge is 0.480 e. The van der Waals surface area contributed by atoms with Crippen LogP contribution in [0.15, 0.2) is 18.2 Å². The number of rotatable bonds is 5. The van der Waals surface area contributed by atoms with E-state index in [0.29, 0.717) is 6.54 Å². The Morgan fingerprint density at radius 2 is 1.94 bits per heavy atom. The van der Waals surface area contributed by atoms with Crippen molar-refractivity contribution in [3.05, 3.63) is 34.9 Å². The Bertz CT molecular complexity index is 411. The summed E-state index contributed by atoms with van der Waals surface area (Å²) in [6, 6.07) is 6.36. The van der Waals surface area contributed by atoms with Crippen molar-refractivity contribution in [2.45, 2.75) is 39.7 Å².